The fraction of sp³-hybridized carbons (Fsp3) is 0.818. The molecule has 0 heterocycles. The number of hydrogen-bond acceptors (Lipinski definition) is 2. The van der Waals surface area contributed by atoms with Gasteiger partial charge in [0.1, 0.15) is 0 Å². The summed E-state index contributed by atoms with van der Waals surface area (Å²) in [5.74, 6) is 0.451. The Kier molecular flexibility index (Phi) is 6.15. The van der Waals surface area contributed by atoms with Crippen LogP contribution in [0.5, 0.6) is 0 Å². The molecule has 4 nitrogen and oxygen atoms in total. The van der Waals surface area contributed by atoms with Crippen LogP contribution in [-0.4, -0.2) is 24.1 Å². The van der Waals surface area contributed by atoms with E-state index in [1.54, 1.807) is 0 Å². The predicted octanol–water partition coefficient (Wildman–Crippen LogP) is 0.906. The zero-order valence-electron chi connectivity index (χ0n) is 9.63. The van der Waals surface area contributed by atoms with Gasteiger partial charge in [0, 0.05) is 19.5 Å². The van der Waals surface area contributed by atoms with E-state index in [0.717, 1.165) is 12.5 Å². The Morgan fingerprint density at radius 3 is 2.56 bits per heavy atom. The Hall–Kier alpha value is -0.840. The summed E-state index contributed by atoms with van der Waals surface area (Å²) in [4.78, 5) is 10.5. The van der Waals surface area contributed by atoms with E-state index in [1.165, 1.54) is 32.1 Å². The molecular weight excluding hydrogens is 222 g/mol. The predicted molar refractivity (Wildman–Crippen MR) is 69.0 cm³/mol. The molecule has 0 aromatic heterocycles. The molecule has 4 N–H and O–H groups in total. The number of thiocarbonyl (C=S) groups is 1. The lowest BCUT2D eigenvalue weighted by Crippen LogP contribution is -2.39. The number of primary amides is 1. The smallest absolute Gasteiger partial charge is 0.219 e. The van der Waals surface area contributed by atoms with Crippen LogP contribution < -0.4 is 16.4 Å². The van der Waals surface area contributed by atoms with Crippen molar-refractivity contribution in [2.24, 2.45) is 11.7 Å². The minimum atomic E-state index is -0.303. The largest absolute Gasteiger partial charge is 0.370 e. The summed E-state index contributed by atoms with van der Waals surface area (Å²) in [5.41, 5.74) is 5.03. The molecule has 1 amide bonds. The Morgan fingerprint density at radius 1 is 1.25 bits per heavy atom. The molecule has 1 rings (SSSR count). The van der Waals surface area contributed by atoms with Gasteiger partial charge in [0.25, 0.3) is 0 Å². The number of rotatable bonds is 5. The highest BCUT2D eigenvalue weighted by Crippen LogP contribution is 2.22. The molecule has 92 valence electrons. The number of amides is 1. The van der Waals surface area contributed by atoms with Gasteiger partial charge in [-0.1, -0.05) is 19.3 Å². The van der Waals surface area contributed by atoms with Crippen LogP contribution in [0.25, 0.3) is 0 Å². The van der Waals surface area contributed by atoms with Crippen molar-refractivity contribution in [1.82, 2.24) is 10.6 Å². The summed E-state index contributed by atoms with van der Waals surface area (Å²) in [7, 11) is 0. The van der Waals surface area contributed by atoms with E-state index in [0.29, 0.717) is 18.1 Å². The summed E-state index contributed by atoms with van der Waals surface area (Å²) in [6.45, 7) is 1.47. The third-order valence-corrected chi connectivity index (χ3v) is 3.22. The second kappa shape index (κ2) is 7.44. The lowest BCUT2D eigenvalue weighted by atomic mass is 9.89. The van der Waals surface area contributed by atoms with Gasteiger partial charge in [0.2, 0.25) is 5.91 Å². The third-order valence-electron chi connectivity index (χ3n) is 2.93. The van der Waals surface area contributed by atoms with Gasteiger partial charge >= 0.3 is 0 Å². The normalized spacial score (nSPS) is 16.8. The molecule has 1 aliphatic rings. The van der Waals surface area contributed by atoms with E-state index in [9.17, 15) is 4.79 Å². The van der Waals surface area contributed by atoms with Gasteiger partial charge in [-0.2, -0.15) is 0 Å². The lowest BCUT2D eigenvalue weighted by molar-refractivity contribution is -0.117. The first-order valence-corrected chi connectivity index (χ1v) is 6.39. The Bertz CT molecular complexity index is 239. The number of carbonyl (C=O) groups is 1. The van der Waals surface area contributed by atoms with Crippen LogP contribution in [0.3, 0.4) is 0 Å². The van der Waals surface area contributed by atoms with Crippen molar-refractivity contribution >= 4 is 23.2 Å². The summed E-state index contributed by atoms with van der Waals surface area (Å²) in [5, 5.41) is 6.80. The molecule has 0 bridgehead atoms. The van der Waals surface area contributed by atoms with E-state index in [2.05, 4.69) is 10.6 Å². The minimum Gasteiger partial charge on any atom is -0.370 e. The maximum Gasteiger partial charge on any atom is 0.219 e. The SMILES string of the molecule is NC(=O)CCNC(=S)NCC1CCCCC1. The van der Waals surface area contributed by atoms with Gasteiger partial charge in [-0.25, -0.2) is 0 Å². The monoisotopic (exact) mass is 243 g/mol. The number of hydrogen-bond donors (Lipinski definition) is 3. The molecule has 0 radical (unpaired) electrons. The number of nitrogens with two attached hydrogens (primary N) is 1. The van der Waals surface area contributed by atoms with Gasteiger partial charge < -0.3 is 16.4 Å². The highest BCUT2D eigenvalue weighted by atomic mass is 32.1. The van der Waals surface area contributed by atoms with Crippen LogP contribution >= 0.6 is 12.2 Å². The van der Waals surface area contributed by atoms with Gasteiger partial charge in [-0.3, -0.25) is 4.79 Å². The molecule has 1 saturated carbocycles. The van der Waals surface area contributed by atoms with Crippen molar-refractivity contribution in [2.75, 3.05) is 13.1 Å². The van der Waals surface area contributed by atoms with Gasteiger partial charge in [-0.15, -0.1) is 0 Å². The highest BCUT2D eigenvalue weighted by molar-refractivity contribution is 7.80. The first kappa shape index (κ1) is 13.2. The molecule has 0 spiro atoms. The number of nitrogens with one attached hydrogen (secondary N) is 2. The third kappa shape index (κ3) is 5.90. The summed E-state index contributed by atoms with van der Waals surface area (Å²) < 4.78 is 0. The molecule has 1 fully saturated rings. The molecule has 5 heteroatoms. The van der Waals surface area contributed by atoms with Crippen LogP contribution in [0.15, 0.2) is 0 Å². The Labute approximate surface area is 102 Å². The van der Waals surface area contributed by atoms with Crippen LogP contribution in [-0.2, 0) is 4.79 Å². The van der Waals surface area contributed by atoms with Crippen LogP contribution in [0, 0.1) is 5.92 Å². The number of carbonyl (C=O) groups excluding carboxylic acids is 1. The maximum absolute atomic E-state index is 10.5. The molecule has 0 aromatic rings. The highest BCUT2D eigenvalue weighted by Gasteiger charge is 2.13. The van der Waals surface area contributed by atoms with Crippen molar-refractivity contribution in [3.63, 3.8) is 0 Å². The average Bonchev–Trinajstić information content (AvgIpc) is 2.27. The van der Waals surface area contributed by atoms with Crippen LogP contribution in [0.1, 0.15) is 38.5 Å². The van der Waals surface area contributed by atoms with E-state index < -0.39 is 0 Å². The summed E-state index contributed by atoms with van der Waals surface area (Å²) >= 11 is 5.10. The van der Waals surface area contributed by atoms with E-state index in [4.69, 9.17) is 18.0 Å². The molecule has 0 atom stereocenters. The Morgan fingerprint density at radius 2 is 1.94 bits per heavy atom. The molecule has 16 heavy (non-hydrogen) atoms. The van der Waals surface area contributed by atoms with E-state index in [1.807, 2.05) is 0 Å². The van der Waals surface area contributed by atoms with Gasteiger partial charge in [0.05, 0.1) is 0 Å². The van der Waals surface area contributed by atoms with Gasteiger partial charge in [0.15, 0.2) is 5.11 Å². The lowest BCUT2D eigenvalue weighted by Gasteiger charge is -2.22. The summed E-state index contributed by atoms with van der Waals surface area (Å²) in [6.07, 6.45) is 6.99. The molecule has 0 aromatic carbocycles. The van der Waals surface area contributed by atoms with E-state index >= 15 is 0 Å². The zero-order valence-corrected chi connectivity index (χ0v) is 10.4. The van der Waals surface area contributed by atoms with Crippen molar-refractivity contribution in [3.8, 4) is 0 Å². The van der Waals surface area contributed by atoms with Crippen molar-refractivity contribution < 1.29 is 4.79 Å². The zero-order chi connectivity index (χ0) is 11.8. The first-order valence-electron chi connectivity index (χ1n) is 5.98. The van der Waals surface area contributed by atoms with Crippen molar-refractivity contribution in [1.29, 1.82) is 0 Å². The molecule has 0 aliphatic heterocycles. The Balaban J connectivity index is 2.02. The first-order chi connectivity index (χ1) is 7.68. The minimum absolute atomic E-state index is 0.303. The fourth-order valence-electron chi connectivity index (χ4n) is 1.99. The quantitative estimate of drug-likeness (QED) is 0.628. The second-order valence-corrected chi connectivity index (χ2v) is 4.77. The van der Waals surface area contributed by atoms with Gasteiger partial charge in [-0.05, 0) is 31.0 Å². The molecule has 0 unspecified atom stereocenters. The fourth-order valence-corrected chi connectivity index (χ4v) is 2.18. The molecule has 1 aliphatic carbocycles. The topological polar surface area (TPSA) is 67.2 Å². The molecular formula is C11H21N3OS. The van der Waals surface area contributed by atoms with Crippen molar-refractivity contribution in [2.45, 2.75) is 38.5 Å². The van der Waals surface area contributed by atoms with Crippen molar-refractivity contribution in [3.05, 3.63) is 0 Å². The standard InChI is InChI=1S/C11H21N3OS/c12-10(15)6-7-13-11(16)14-8-9-4-2-1-3-5-9/h9H,1-8H2,(H2,12,15)(H2,13,14,16). The second-order valence-electron chi connectivity index (χ2n) is 4.36. The van der Waals surface area contributed by atoms with E-state index in [-0.39, 0.29) is 5.91 Å². The van der Waals surface area contributed by atoms with Crippen LogP contribution in [0.4, 0.5) is 0 Å². The average molecular weight is 243 g/mol. The summed E-state index contributed by atoms with van der Waals surface area (Å²) in [6, 6.07) is 0. The molecule has 0 saturated heterocycles. The maximum atomic E-state index is 10.5. The van der Waals surface area contributed by atoms with Crippen LogP contribution in [0.2, 0.25) is 0 Å².